The minimum Gasteiger partial charge on any atom is -0.497 e. The standard InChI is InChI=1S/C28H29NO6/c1-31-21-9-7-19(8-10-21)28(30)29-13-12-20-16-26(34-4)27(35-5)17-22(20)23(29)14-18-6-11-24(32-2)25(15-18)33-3/h6-11,14-17H,12-13H2,1-5H3. The summed E-state index contributed by atoms with van der Waals surface area (Å²) in [4.78, 5) is 15.5. The van der Waals surface area contributed by atoms with Crippen LogP contribution in [-0.2, 0) is 6.42 Å². The number of carbonyl (C=O) groups is 1. The number of ether oxygens (including phenoxy) is 5. The molecule has 7 heteroatoms. The molecular weight excluding hydrogens is 446 g/mol. The largest absolute Gasteiger partial charge is 0.497 e. The molecule has 4 rings (SSSR count). The van der Waals surface area contributed by atoms with Crippen molar-refractivity contribution in [1.29, 1.82) is 0 Å². The van der Waals surface area contributed by atoms with Gasteiger partial charge < -0.3 is 28.6 Å². The Kier molecular flexibility index (Phi) is 7.15. The summed E-state index contributed by atoms with van der Waals surface area (Å²) < 4.78 is 27.2. The molecule has 0 unspecified atom stereocenters. The fourth-order valence-electron chi connectivity index (χ4n) is 4.22. The van der Waals surface area contributed by atoms with Crippen molar-refractivity contribution in [2.24, 2.45) is 0 Å². The molecule has 0 fully saturated rings. The molecule has 0 aliphatic carbocycles. The molecule has 0 bridgehead atoms. The highest BCUT2D eigenvalue weighted by molar-refractivity contribution is 6.03. The molecule has 0 aromatic heterocycles. The second-order valence-electron chi connectivity index (χ2n) is 7.94. The first kappa shape index (κ1) is 24.0. The molecule has 0 saturated heterocycles. The molecule has 3 aromatic rings. The van der Waals surface area contributed by atoms with Gasteiger partial charge in [-0.2, -0.15) is 0 Å². The van der Waals surface area contributed by atoms with E-state index in [1.165, 1.54) is 0 Å². The summed E-state index contributed by atoms with van der Waals surface area (Å²) >= 11 is 0. The van der Waals surface area contributed by atoms with Gasteiger partial charge in [0.15, 0.2) is 23.0 Å². The number of methoxy groups -OCH3 is 5. The molecule has 182 valence electrons. The van der Waals surface area contributed by atoms with E-state index in [0.717, 1.165) is 22.4 Å². The third-order valence-corrected chi connectivity index (χ3v) is 6.07. The third-order valence-electron chi connectivity index (χ3n) is 6.07. The van der Waals surface area contributed by atoms with Crippen molar-refractivity contribution in [1.82, 2.24) is 4.90 Å². The van der Waals surface area contributed by atoms with Gasteiger partial charge in [-0.3, -0.25) is 4.79 Å². The minimum atomic E-state index is -0.0974. The second-order valence-corrected chi connectivity index (χ2v) is 7.94. The first-order chi connectivity index (χ1) is 17.0. The lowest BCUT2D eigenvalue weighted by Crippen LogP contribution is -2.35. The van der Waals surface area contributed by atoms with E-state index in [4.69, 9.17) is 23.7 Å². The van der Waals surface area contributed by atoms with Crippen molar-refractivity contribution in [2.45, 2.75) is 6.42 Å². The van der Waals surface area contributed by atoms with E-state index in [9.17, 15) is 4.79 Å². The molecule has 1 aliphatic heterocycles. The Morgan fingerprint density at radius 2 is 1.37 bits per heavy atom. The van der Waals surface area contributed by atoms with Crippen molar-refractivity contribution in [2.75, 3.05) is 42.1 Å². The van der Waals surface area contributed by atoms with Crippen LogP contribution < -0.4 is 23.7 Å². The zero-order valence-corrected chi connectivity index (χ0v) is 20.6. The number of benzene rings is 3. The summed E-state index contributed by atoms with van der Waals surface area (Å²) in [6.45, 7) is 0.520. The normalized spacial score (nSPS) is 13.7. The van der Waals surface area contributed by atoms with Gasteiger partial charge in [-0.15, -0.1) is 0 Å². The van der Waals surface area contributed by atoms with Gasteiger partial charge in [0.1, 0.15) is 5.75 Å². The SMILES string of the molecule is COc1ccc(C(=O)N2CCc3cc(OC)c(OC)cc3C2=Cc2ccc(OC)c(OC)c2)cc1. The fourth-order valence-corrected chi connectivity index (χ4v) is 4.22. The Labute approximate surface area is 205 Å². The molecule has 1 heterocycles. The van der Waals surface area contributed by atoms with Crippen LogP contribution in [0.15, 0.2) is 54.6 Å². The average molecular weight is 476 g/mol. The molecule has 35 heavy (non-hydrogen) atoms. The Hall–Kier alpha value is -4.13. The second kappa shape index (κ2) is 10.4. The molecule has 0 atom stereocenters. The fraction of sp³-hybridized carbons (Fsp3) is 0.250. The van der Waals surface area contributed by atoms with E-state index >= 15 is 0 Å². The number of carbonyl (C=O) groups excluding carboxylic acids is 1. The average Bonchev–Trinajstić information content (AvgIpc) is 2.91. The van der Waals surface area contributed by atoms with Gasteiger partial charge in [-0.1, -0.05) is 6.07 Å². The van der Waals surface area contributed by atoms with Crippen LogP contribution in [0.3, 0.4) is 0 Å². The Morgan fingerprint density at radius 3 is 2.00 bits per heavy atom. The van der Waals surface area contributed by atoms with Crippen LogP contribution >= 0.6 is 0 Å². The van der Waals surface area contributed by atoms with Crippen LogP contribution in [-0.4, -0.2) is 52.9 Å². The smallest absolute Gasteiger partial charge is 0.258 e. The quantitative estimate of drug-likeness (QED) is 0.483. The van der Waals surface area contributed by atoms with Gasteiger partial charge in [-0.25, -0.2) is 0 Å². The highest BCUT2D eigenvalue weighted by Crippen LogP contribution is 2.39. The zero-order chi connectivity index (χ0) is 24.9. The van der Waals surface area contributed by atoms with Gasteiger partial charge in [0.2, 0.25) is 0 Å². The van der Waals surface area contributed by atoms with Gasteiger partial charge in [0.25, 0.3) is 5.91 Å². The summed E-state index contributed by atoms with van der Waals surface area (Å²) in [5.41, 5.74) is 4.19. The van der Waals surface area contributed by atoms with Gasteiger partial charge in [0.05, 0.1) is 41.2 Å². The first-order valence-corrected chi connectivity index (χ1v) is 11.2. The minimum absolute atomic E-state index is 0.0974. The summed E-state index contributed by atoms with van der Waals surface area (Å²) in [5, 5.41) is 0. The van der Waals surface area contributed by atoms with E-state index in [0.29, 0.717) is 47.3 Å². The Bertz CT molecular complexity index is 1250. The molecule has 0 saturated carbocycles. The summed E-state index contributed by atoms with van der Waals surface area (Å²) in [5.74, 6) is 3.10. The van der Waals surface area contributed by atoms with Crippen LogP contribution in [0.4, 0.5) is 0 Å². The van der Waals surface area contributed by atoms with Crippen LogP contribution in [0.25, 0.3) is 11.8 Å². The maximum atomic E-state index is 13.7. The summed E-state index contributed by atoms with van der Waals surface area (Å²) in [6.07, 6.45) is 2.66. The van der Waals surface area contributed by atoms with Gasteiger partial charge in [-0.05, 0) is 72.2 Å². The van der Waals surface area contributed by atoms with Crippen LogP contribution in [0.1, 0.15) is 27.0 Å². The first-order valence-electron chi connectivity index (χ1n) is 11.2. The third kappa shape index (κ3) is 4.75. The van der Waals surface area contributed by atoms with Crippen LogP contribution in [0, 0.1) is 0 Å². The van der Waals surface area contributed by atoms with Crippen LogP contribution in [0.2, 0.25) is 0 Å². The number of nitrogens with zero attached hydrogens (tertiary/aromatic N) is 1. The summed E-state index contributed by atoms with van der Waals surface area (Å²) in [6, 6.07) is 16.7. The molecule has 3 aromatic carbocycles. The predicted octanol–water partition coefficient (Wildman–Crippen LogP) is 4.93. The maximum Gasteiger partial charge on any atom is 0.258 e. The molecule has 0 radical (unpaired) electrons. The van der Waals surface area contributed by atoms with Gasteiger partial charge in [0, 0.05) is 17.7 Å². The van der Waals surface area contributed by atoms with Crippen molar-refractivity contribution in [3.63, 3.8) is 0 Å². The van der Waals surface area contributed by atoms with Crippen molar-refractivity contribution < 1.29 is 28.5 Å². The monoisotopic (exact) mass is 475 g/mol. The molecule has 1 aliphatic rings. The summed E-state index contributed by atoms with van der Waals surface area (Å²) in [7, 11) is 8.02. The number of rotatable bonds is 7. The van der Waals surface area contributed by atoms with Crippen molar-refractivity contribution in [3.05, 3.63) is 76.9 Å². The van der Waals surface area contributed by atoms with Crippen molar-refractivity contribution >= 4 is 17.7 Å². The van der Waals surface area contributed by atoms with E-state index < -0.39 is 0 Å². The zero-order valence-electron chi connectivity index (χ0n) is 20.6. The van der Waals surface area contributed by atoms with E-state index in [1.807, 2.05) is 36.4 Å². The maximum absolute atomic E-state index is 13.7. The lowest BCUT2D eigenvalue weighted by Gasteiger charge is -2.32. The Balaban J connectivity index is 1.85. The number of fused-ring (bicyclic) bond motifs is 1. The topological polar surface area (TPSA) is 66.5 Å². The lowest BCUT2D eigenvalue weighted by molar-refractivity contribution is 0.0834. The van der Waals surface area contributed by atoms with E-state index in [-0.39, 0.29) is 5.91 Å². The van der Waals surface area contributed by atoms with Gasteiger partial charge >= 0.3 is 0 Å². The van der Waals surface area contributed by atoms with E-state index in [2.05, 4.69) is 0 Å². The van der Waals surface area contributed by atoms with E-state index in [1.54, 1.807) is 64.7 Å². The molecule has 0 N–H and O–H groups in total. The number of amides is 1. The Morgan fingerprint density at radius 1 is 0.743 bits per heavy atom. The van der Waals surface area contributed by atoms with Crippen LogP contribution in [0.5, 0.6) is 28.7 Å². The molecule has 0 spiro atoms. The highest BCUT2D eigenvalue weighted by atomic mass is 16.5. The molecule has 7 nitrogen and oxygen atoms in total. The number of hydrogen-bond donors (Lipinski definition) is 0. The highest BCUT2D eigenvalue weighted by Gasteiger charge is 2.28. The lowest BCUT2D eigenvalue weighted by atomic mass is 9.93. The molecule has 1 amide bonds. The predicted molar refractivity (Wildman–Crippen MR) is 135 cm³/mol. The van der Waals surface area contributed by atoms with Crippen molar-refractivity contribution in [3.8, 4) is 28.7 Å². The molecular formula is C28H29NO6. The number of hydrogen-bond acceptors (Lipinski definition) is 6.